The Bertz CT molecular complexity index is 1080. The number of carboxylic acid groups (broad SMARTS) is 2. The molecule has 2 rings (SSSR count). The number of aliphatic hydroxyl groups excluding tert-OH is 3. The molecule has 0 saturated carbocycles. The molecular weight excluding hydrogens is 558 g/mol. The quantitative estimate of drug-likeness (QED) is 0.0955. The van der Waals surface area contributed by atoms with Gasteiger partial charge >= 0.3 is 12.1 Å². The van der Waals surface area contributed by atoms with E-state index in [0.717, 1.165) is 12.8 Å². The zero-order chi connectivity index (χ0) is 31.4. The number of nitrogens with two attached hydrogens (primary N) is 1. The van der Waals surface area contributed by atoms with Crippen molar-refractivity contribution in [1.82, 2.24) is 5.32 Å². The highest BCUT2D eigenvalue weighted by Gasteiger charge is 2.42. The molecule has 1 aliphatic heterocycles. The first-order chi connectivity index (χ1) is 19.7. The Morgan fingerprint density at radius 3 is 2.52 bits per heavy atom. The van der Waals surface area contributed by atoms with Crippen LogP contribution in [0.4, 0.5) is 10.5 Å². The zero-order valence-electron chi connectivity index (χ0n) is 23.7. The third-order valence-corrected chi connectivity index (χ3v) is 6.65. The number of benzene rings is 1. The fourth-order valence-electron chi connectivity index (χ4n) is 4.09. The first-order valence-electron chi connectivity index (χ1n) is 13.6. The third-order valence-electron chi connectivity index (χ3n) is 6.65. The summed E-state index contributed by atoms with van der Waals surface area (Å²) in [7, 11) is 0. The van der Waals surface area contributed by atoms with Crippen molar-refractivity contribution in [2.24, 2.45) is 11.1 Å². The van der Waals surface area contributed by atoms with Crippen molar-refractivity contribution < 1.29 is 58.9 Å². The number of hydrogen-bond acceptors (Lipinski definition) is 11. The summed E-state index contributed by atoms with van der Waals surface area (Å²) in [6.45, 7) is 3.62. The maximum Gasteiger partial charge on any atom is 0.506 e. The molecular formula is C27H41N3O12. The van der Waals surface area contributed by atoms with Crippen LogP contribution in [-0.4, -0.2) is 93.3 Å². The maximum atomic E-state index is 12.7. The standard InChI is InChI=1S/C27H41N3O12/c1-27(2,14-31)9-4-3-5-16(28)24(35)29-10-8-20(33)30-17-11-15(13-40-26(38)39)6-7-19(17)41-21-12-18(32)22(34)23(42-21)25(36)37/h6-7,11,16,18,21-23,31-32,34H,3-5,8-10,12-14,28H2,1-2H3,(H,29,35)(H,30,33)(H,36,37)(H,38,39). The molecule has 15 nitrogen and oxygen atoms in total. The van der Waals surface area contributed by atoms with Gasteiger partial charge in [-0.15, -0.1) is 0 Å². The van der Waals surface area contributed by atoms with Crippen LogP contribution in [0.3, 0.4) is 0 Å². The number of nitrogens with one attached hydrogen (secondary N) is 2. The second kappa shape index (κ2) is 16.2. The Kier molecular flexibility index (Phi) is 13.4. The van der Waals surface area contributed by atoms with Crippen molar-refractivity contribution in [3.8, 4) is 5.75 Å². The molecule has 1 aromatic carbocycles. The summed E-state index contributed by atoms with van der Waals surface area (Å²) < 4.78 is 15.5. The van der Waals surface area contributed by atoms with E-state index in [0.29, 0.717) is 18.4 Å². The number of carboxylic acids is 1. The summed E-state index contributed by atoms with van der Waals surface area (Å²) in [6, 6.07) is 3.44. The molecule has 0 aliphatic carbocycles. The van der Waals surface area contributed by atoms with E-state index in [9.17, 15) is 39.6 Å². The van der Waals surface area contributed by atoms with Crippen molar-refractivity contribution in [3.63, 3.8) is 0 Å². The first-order valence-corrected chi connectivity index (χ1v) is 13.6. The minimum atomic E-state index is -1.75. The zero-order valence-corrected chi connectivity index (χ0v) is 23.7. The molecule has 1 saturated heterocycles. The van der Waals surface area contributed by atoms with Crippen LogP contribution < -0.4 is 21.1 Å². The summed E-state index contributed by atoms with van der Waals surface area (Å²) >= 11 is 0. The maximum absolute atomic E-state index is 12.7. The van der Waals surface area contributed by atoms with E-state index >= 15 is 0 Å². The number of anilines is 1. The largest absolute Gasteiger partial charge is 0.506 e. The number of carbonyl (C=O) groups is 4. The topological polar surface area (TPSA) is 247 Å². The molecule has 0 bridgehead atoms. The summed E-state index contributed by atoms with van der Waals surface area (Å²) in [6.07, 6.45) is -5.33. The van der Waals surface area contributed by atoms with Crippen LogP contribution in [0.5, 0.6) is 5.75 Å². The van der Waals surface area contributed by atoms with Crippen LogP contribution in [0.1, 0.15) is 57.9 Å². The molecule has 1 fully saturated rings. The van der Waals surface area contributed by atoms with Gasteiger partial charge in [0, 0.05) is 26.0 Å². The Morgan fingerprint density at radius 1 is 1.17 bits per heavy atom. The molecule has 0 radical (unpaired) electrons. The van der Waals surface area contributed by atoms with Crippen LogP contribution >= 0.6 is 0 Å². The summed E-state index contributed by atoms with van der Waals surface area (Å²) in [5, 5.41) is 52.5. The lowest BCUT2D eigenvalue weighted by atomic mass is 9.87. The molecule has 5 atom stereocenters. The highest BCUT2D eigenvalue weighted by molar-refractivity contribution is 5.93. The lowest BCUT2D eigenvalue weighted by Gasteiger charge is -2.35. The predicted octanol–water partition coefficient (Wildman–Crippen LogP) is 0.532. The Labute approximate surface area is 242 Å². The molecule has 0 spiro atoms. The molecule has 5 unspecified atom stereocenters. The van der Waals surface area contributed by atoms with Gasteiger partial charge in [0.15, 0.2) is 6.10 Å². The highest BCUT2D eigenvalue weighted by atomic mass is 16.7. The number of ether oxygens (including phenoxy) is 3. The Hall–Kier alpha value is -3.50. The van der Waals surface area contributed by atoms with Gasteiger partial charge < -0.3 is 56.1 Å². The van der Waals surface area contributed by atoms with E-state index in [4.69, 9.17) is 20.3 Å². The Balaban J connectivity index is 1.97. The Morgan fingerprint density at radius 2 is 1.88 bits per heavy atom. The van der Waals surface area contributed by atoms with Crippen molar-refractivity contribution in [2.75, 3.05) is 18.5 Å². The fraction of sp³-hybridized carbons (Fsp3) is 0.630. The minimum Gasteiger partial charge on any atom is -0.479 e. The average Bonchev–Trinajstić information content (AvgIpc) is 2.92. The van der Waals surface area contributed by atoms with E-state index in [-0.39, 0.29) is 49.5 Å². The van der Waals surface area contributed by atoms with E-state index in [2.05, 4.69) is 15.4 Å². The van der Waals surface area contributed by atoms with Gasteiger partial charge in [0.2, 0.25) is 18.1 Å². The smallest absolute Gasteiger partial charge is 0.479 e. The van der Waals surface area contributed by atoms with Crippen molar-refractivity contribution in [1.29, 1.82) is 0 Å². The van der Waals surface area contributed by atoms with Crippen LogP contribution in [0.2, 0.25) is 0 Å². The normalized spacial score (nSPS) is 21.2. The van der Waals surface area contributed by atoms with Crippen molar-refractivity contribution >= 4 is 29.6 Å². The SMILES string of the molecule is CC(C)(CO)CCCCC(N)C(=O)NCCC(=O)Nc1cc(COC(=O)O)ccc1OC1CC(O)C(O)C(C(=O)O)O1. The molecule has 42 heavy (non-hydrogen) atoms. The van der Waals surface area contributed by atoms with Crippen LogP contribution in [0, 0.1) is 5.41 Å². The van der Waals surface area contributed by atoms with E-state index in [1.165, 1.54) is 18.2 Å². The summed E-state index contributed by atoms with van der Waals surface area (Å²) in [4.78, 5) is 47.2. The molecule has 1 aliphatic rings. The first kappa shape index (κ1) is 34.7. The number of unbranched alkanes of at least 4 members (excludes halogenated alkanes) is 1. The van der Waals surface area contributed by atoms with Crippen LogP contribution in [0.25, 0.3) is 0 Å². The van der Waals surface area contributed by atoms with Crippen molar-refractivity contribution in [2.45, 2.75) is 89.6 Å². The number of carbonyl (C=O) groups excluding carboxylic acids is 2. The molecule has 1 aromatic rings. The van der Waals surface area contributed by atoms with Gasteiger partial charge in [0.25, 0.3) is 0 Å². The van der Waals surface area contributed by atoms with Gasteiger partial charge in [0.1, 0.15) is 18.5 Å². The fourth-order valence-corrected chi connectivity index (χ4v) is 4.09. The van der Waals surface area contributed by atoms with Gasteiger partial charge in [-0.25, -0.2) is 9.59 Å². The summed E-state index contributed by atoms with van der Waals surface area (Å²) in [5.41, 5.74) is 6.17. The van der Waals surface area contributed by atoms with Gasteiger partial charge in [-0.05, 0) is 36.0 Å². The van der Waals surface area contributed by atoms with E-state index in [1.807, 2.05) is 13.8 Å². The monoisotopic (exact) mass is 599 g/mol. The number of hydrogen-bond donors (Lipinski definition) is 8. The van der Waals surface area contributed by atoms with Gasteiger partial charge in [-0.3, -0.25) is 9.59 Å². The second-order valence-corrected chi connectivity index (χ2v) is 10.9. The second-order valence-electron chi connectivity index (χ2n) is 10.9. The lowest BCUT2D eigenvalue weighted by molar-refractivity contribution is -0.228. The van der Waals surface area contributed by atoms with Crippen LogP contribution in [-0.2, 0) is 30.5 Å². The number of rotatable bonds is 16. The molecule has 9 N–H and O–H groups in total. The van der Waals surface area contributed by atoms with E-state index < -0.39 is 54.6 Å². The molecule has 2 amide bonds. The average molecular weight is 600 g/mol. The lowest BCUT2D eigenvalue weighted by Crippen LogP contribution is -2.53. The number of aliphatic hydroxyl groups is 3. The van der Waals surface area contributed by atoms with Crippen LogP contribution in [0.15, 0.2) is 18.2 Å². The highest BCUT2D eigenvalue weighted by Crippen LogP contribution is 2.31. The van der Waals surface area contributed by atoms with Gasteiger partial charge in [-0.2, -0.15) is 0 Å². The minimum absolute atomic E-state index is 0.00980. The third kappa shape index (κ3) is 11.4. The molecule has 236 valence electrons. The number of amides is 2. The molecule has 0 aromatic heterocycles. The molecule has 15 heteroatoms. The number of aliphatic carboxylic acids is 1. The van der Waals surface area contributed by atoms with E-state index in [1.54, 1.807) is 0 Å². The summed E-state index contributed by atoms with van der Waals surface area (Å²) in [5.74, 6) is -2.45. The predicted molar refractivity (Wildman–Crippen MR) is 146 cm³/mol. The molecule has 1 heterocycles. The van der Waals surface area contributed by atoms with Gasteiger partial charge in [-0.1, -0.05) is 32.8 Å². The van der Waals surface area contributed by atoms with Gasteiger partial charge in [0.05, 0.1) is 17.8 Å². The van der Waals surface area contributed by atoms with Crippen molar-refractivity contribution in [3.05, 3.63) is 23.8 Å².